The Morgan fingerprint density at radius 2 is 1.70 bits per heavy atom. The highest BCUT2D eigenvalue weighted by Gasteiger charge is 2.30. The molecular weight excluding hydrogens is 337 g/mol. The molecule has 146 valence electrons. The maximum Gasteiger partial charge on any atom is 0.123 e. The fourth-order valence-electron chi connectivity index (χ4n) is 3.97. The lowest BCUT2D eigenvalue weighted by molar-refractivity contribution is 0.115. The van der Waals surface area contributed by atoms with Crippen molar-refractivity contribution in [3.8, 4) is 5.75 Å². The van der Waals surface area contributed by atoms with Gasteiger partial charge >= 0.3 is 0 Å². The predicted octanol–water partition coefficient (Wildman–Crippen LogP) is 5.63. The molecular formula is C24H32FNO. The fraction of sp³-hybridized carbons (Fsp3) is 0.500. The van der Waals surface area contributed by atoms with Gasteiger partial charge in [-0.25, -0.2) is 4.39 Å². The Morgan fingerprint density at radius 1 is 1.04 bits per heavy atom. The van der Waals surface area contributed by atoms with Gasteiger partial charge in [-0.05, 0) is 66.2 Å². The monoisotopic (exact) mass is 369 g/mol. The van der Waals surface area contributed by atoms with Gasteiger partial charge in [0.05, 0.1) is 6.61 Å². The standard InChI is InChI=1S/C24H32FNO/c1-5-26-15-14-23(18-6-10-21(25)11-7-18)19(16-26)17-27-22-12-8-20(9-13-22)24(2,3)4/h6-13,19,23H,5,14-17H2,1-4H3/t19-,23-/m0/s1. The molecule has 0 bridgehead atoms. The third-order valence-corrected chi connectivity index (χ3v) is 5.75. The first kappa shape index (κ1) is 19.9. The van der Waals surface area contributed by atoms with Crippen molar-refractivity contribution in [2.45, 2.75) is 45.4 Å². The van der Waals surface area contributed by atoms with Crippen LogP contribution in [-0.2, 0) is 5.41 Å². The normalized spacial score (nSPS) is 21.2. The molecule has 0 aliphatic carbocycles. The van der Waals surface area contributed by atoms with E-state index in [-0.39, 0.29) is 11.2 Å². The van der Waals surface area contributed by atoms with Gasteiger partial charge in [0.15, 0.2) is 0 Å². The van der Waals surface area contributed by atoms with E-state index in [0.29, 0.717) is 18.4 Å². The maximum absolute atomic E-state index is 13.3. The third kappa shape index (κ3) is 5.10. The summed E-state index contributed by atoms with van der Waals surface area (Å²) in [5, 5.41) is 0. The van der Waals surface area contributed by atoms with E-state index >= 15 is 0 Å². The molecule has 1 aliphatic heterocycles. The lowest BCUT2D eigenvalue weighted by Crippen LogP contribution is -2.41. The smallest absolute Gasteiger partial charge is 0.123 e. The number of piperidine rings is 1. The van der Waals surface area contributed by atoms with Crippen LogP contribution in [0.1, 0.15) is 51.2 Å². The molecule has 0 unspecified atom stereocenters. The van der Waals surface area contributed by atoms with Gasteiger partial charge in [-0.2, -0.15) is 0 Å². The average Bonchev–Trinajstić information content (AvgIpc) is 2.66. The number of rotatable bonds is 5. The summed E-state index contributed by atoms with van der Waals surface area (Å²) >= 11 is 0. The zero-order chi connectivity index (χ0) is 19.4. The van der Waals surface area contributed by atoms with Gasteiger partial charge in [-0.3, -0.25) is 0 Å². The summed E-state index contributed by atoms with van der Waals surface area (Å²) in [4.78, 5) is 2.48. The Kier molecular flexibility index (Phi) is 6.21. The van der Waals surface area contributed by atoms with Crippen LogP contribution in [0.2, 0.25) is 0 Å². The van der Waals surface area contributed by atoms with Crippen LogP contribution >= 0.6 is 0 Å². The zero-order valence-corrected chi connectivity index (χ0v) is 17.0. The fourth-order valence-corrected chi connectivity index (χ4v) is 3.97. The summed E-state index contributed by atoms with van der Waals surface area (Å²) in [5.74, 6) is 1.58. The second kappa shape index (κ2) is 8.43. The van der Waals surface area contributed by atoms with E-state index in [0.717, 1.165) is 31.8 Å². The molecule has 2 nitrogen and oxygen atoms in total. The Balaban J connectivity index is 1.69. The molecule has 0 amide bonds. The molecule has 3 rings (SSSR count). The summed E-state index contributed by atoms with van der Waals surface area (Å²) in [5.41, 5.74) is 2.69. The van der Waals surface area contributed by atoms with Crippen LogP contribution in [0.3, 0.4) is 0 Å². The average molecular weight is 370 g/mol. The first-order valence-corrected chi connectivity index (χ1v) is 10.1. The van der Waals surface area contributed by atoms with Crippen molar-refractivity contribution in [2.75, 3.05) is 26.2 Å². The van der Waals surface area contributed by atoms with E-state index in [1.807, 2.05) is 12.1 Å². The molecule has 0 radical (unpaired) electrons. The van der Waals surface area contributed by atoms with Gasteiger partial charge < -0.3 is 9.64 Å². The van der Waals surface area contributed by atoms with Crippen molar-refractivity contribution in [1.82, 2.24) is 4.90 Å². The minimum atomic E-state index is -0.170. The largest absolute Gasteiger partial charge is 0.493 e. The van der Waals surface area contributed by atoms with Crippen molar-refractivity contribution in [1.29, 1.82) is 0 Å². The molecule has 2 aromatic carbocycles. The zero-order valence-electron chi connectivity index (χ0n) is 17.0. The van der Waals surface area contributed by atoms with Crippen LogP contribution in [-0.4, -0.2) is 31.1 Å². The van der Waals surface area contributed by atoms with Crippen LogP contribution in [0.4, 0.5) is 4.39 Å². The Hall–Kier alpha value is -1.87. The van der Waals surface area contributed by atoms with E-state index in [1.54, 1.807) is 12.1 Å². The highest BCUT2D eigenvalue weighted by Crippen LogP contribution is 2.34. The predicted molar refractivity (Wildman–Crippen MR) is 110 cm³/mol. The number of hydrogen-bond acceptors (Lipinski definition) is 2. The first-order valence-electron chi connectivity index (χ1n) is 10.1. The van der Waals surface area contributed by atoms with Crippen molar-refractivity contribution in [3.63, 3.8) is 0 Å². The highest BCUT2D eigenvalue weighted by atomic mass is 19.1. The molecule has 27 heavy (non-hydrogen) atoms. The number of halogens is 1. The molecule has 0 spiro atoms. The van der Waals surface area contributed by atoms with Crippen molar-refractivity contribution in [3.05, 3.63) is 65.5 Å². The molecule has 3 heteroatoms. The lowest BCUT2D eigenvalue weighted by Gasteiger charge is -2.38. The number of ether oxygens (including phenoxy) is 1. The third-order valence-electron chi connectivity index (χ3n) is 5.75. The molecule has 1 aliphatic rings. The SMILES string of the molecule is CCN1CC[C@@H](c2ccc(F)cc2)[C@H](COc2ccc(C(C)(C)C)cc2)C1. The summed E-state index contributed by atoms with van der Waals surface area (Å²) in [6.45, 7) is 12.7. The first-order chi connectivity index (χ1) is 12.9. The van der Waals surface area contributed by atoms with E-state index in [4.69, 9.17) is 4.74 Å². The summed E-state index contributed by atoms with van der Waals surface area (Å²) in [7, 11) is 0. The van der Waals surface area contributed by atoms with E-state index < -0.39 is 0 Å². The van der Waals surface area contributed by atoms with Crippen LogP contribution in [0, 0.1) is 11.7 Å². The summed E-state index contributed by atoms with van der Waals surface area (Å²) in [6, 6.07) is 15.5. The van der Waals surface area contributed by atoms with Gasteiger partial charge in [-0.1, -0.05) is 52.0 Å². The molecule has 0 aromatic heterocycles. The van der Waals surface area contributed by atoms with Crippen LogP contribution < -0.4 is 4.74 Å². The van der Waals surface area contributed by atoms with Gasteiger partial charge in [0.1, 0.15) is 11.6 Å². The highest BCUT2D eigenvalue weighted by molar-refractivity contribution is 5.31. The quantitative estimate of drug-likeness (QED) is 0.677. The van der Waals surface area contributed by atoms with Crippen LogP contribution in [0.15, 0.2) is 48.5 Å². The van der Waals surface area contributed by atoms with Crippen LogP contribution in [0.25, 0.3) is 0 Å². The lowest BCUT2D eigenvalue weighted by atomic mass is 9.81. The van der Waals surface area contributed by atoms with Gasteiger partial charge in [-0.15, -0.1) is 0 Å². The maximum atomic E-state index is 13.3. The molecule has 0 saturated carbocycles. The number of hydrogen-bond donors (Lipinski definition) is 0. The Labute approximate surface area is 163 Å². The van der Waals surface area contributed by atoms with E-state index in [9.17, 15) is 4.39 Å². The van der Waals surface area contributed by atoms with Gasteiger partial charge in [0.2, 0.25) is 0 Å². The van der Waals surface area contributed by atoms with Crippen molar-refractivity contribution >= 4 is 0 Å². The topological polar surface area (TPSA) is 12.5 Å². The Morgan fingerprint density at radius 3 is 2.30 bits per heavy atom. The van der Waals surface area contributed by atoms with Gasteiger partial charge in [0.25, 0.3) is 0 Å². The summed E-state index contributed by atoms with van der Waals surface area (Å²) in [6.07, 6.45) is 1.09. The van der Waals surface area contributed by atoms with Crippen molar-refractivity contribution in [2.24, 2.45) is 5.92 Å². The van der Waals surface area contributed by atoms with Gasteiger partial charge in [0, 0.05) is 12.5 Å². The van der Waals surface area contributed by atoms with E-state index in [2.05, 4.69) is 56.9 Å². The van der Waals surface area contributed by atoms with Crippen LogP contribution in [0.5, 0.6) is 5.75 Å². The second-order valence-electron chi connectivity index (χ2n) is 8.69. The molecule has 2 aromatic rings. The molecule has 1 heterocycles. The number of nitrogens with zero attached hydrogens (tertiary/aromatic N) is 1. The van der Waals surface area contributed by atoms with E-state index in [1.165, 1.54) is 11.1 Å². The Bertz CT molecular complexity index is 718. The summed E-state index contributed by atoms with van der Waals surface area (Å²) < 4.78 is 19.5. The molecule has 2 atom stereocenters. The number of likely N-dealkylation sites (tertiary alicyclic amines) is 1. The van der Waals surface area contributed by atoms with Crippen molar-refractivity contribution < 1.29 is 9.13 Å². The molecule has 1 saturated heterocycles. The minimum absolute atomic E-state index is 0.150. The number of benzene rings is 2. The molecule has 0 N–H and O–H groups in total. The minimum Gasteiger partial charge on any atom is -0.493 e. The molecule has 1 fully saturated rings. The second-order valence-corrected chi connectivity index (χ2v) is 8.69.